The first-order chi connectivity index (χ1) is 14.5. The van der Waals surface area contributed by atoms with E-state index in [0.717, 1.165) is 36.8 Å². The van der Waals surface area contributed by atoms with Crippen LogP contribution in [0.25, 0.3) is 0 Å². The van der Waals surface area contributed by atoms with Gasteiger partial charge >= 0.3 is 5.97 Å². The van der Waals surface area contributed by atoms with E-state index in [9.17, 15) is 14.4 Å². The topological polar surface area (TPSA) is 68.6 Å². The largest absolute Gasteiger partial charge is 0.469 e. The lowest BCUT2D eigenvalue weighted by molar-refractivity contribution is -0.139. The van der Waals surface area contributed by atoms with Crippen LogP contribution in [0.4, 0.5) is 0 Å². The van der Waals surface area contributed by atoms with E-state index in [0.29, 0.717) is 24.6 Å². The van der Waals surface area contributed by atoms with E-state index in [2.05, 4.69) is 0 Å². The lowest BCUT2D eigenvalue weighted by atomic mass is 9.97. The number of esters is 1. The molecule has 0 spiro atoms. The van der Waals surface area contributed by atoms with Crippen molar-refractivity contribution in [2.24, 2.45) is 5.92 Å². The van der Waals surface area contributed by atoms with Gasteiger partial charge in [0.1, 0.15) is 5.56 Å². The van der Waals surface area contributed by atoms with E-state index in [1.54, 1.807) is 4.57 Å². The summed E-state index contributed by atoms with van der Waals surface area (Å²) in [6.07, 6.45) is 5.93. The monoisotopic (exact) mass is 408 g/mol. The number of methoxy groups -OCH3 is 1. The van der Waals surface area contributed by atoms with Crippen molar-refractivity contribution >= 4 is 11.9 Å². The molecule has 0 N–H and O–H groups in total. The maximum Gasteiger partial charge on any atom is 0.309 e. The van der Waals surface area contributed by atoms with E-state index in [-0.39, 0.29) is 29.9 Å². The zero-order valence-electron chi connectivity index (χ0n) is 17.6. The van der Waals surface area contributed by atoms with Gasteiger partial charge in [-0.2, -0.15) is 0 Å². The Kier molecular flexibility index (Phi) is 5.75. The number of ether oxygens (including phenoxy) is 1. The Morgan fingerprint density at radius 2 is 1.77 bits per heavy atom. The molecule has 1 saturated heterocycles. The summed E-state index contributed by atoms with van der Waals surface area (Å²) in [6, 6.07) is 10.1. The number of hydrogen-bond donors (Lipinski definition) is 0. The van der Waals surface area contributed by atoms with Gasteiger partial charge in [0.25, 0.3) is 11.5 Å². The second kappa shape index (κ2) is 8.46. The highest BCUT2D eigenvalue weighted by Crippen LogP contribution is 2.33. The first kappa shape index (κ1) is 20.4. The molecule has 1 aromatic carbocycles. The molecule has 1 saturated carbocycles. The molecule has 158 valence electrons. The van der Waals surface area contributed by atoms with Crippen molar-refractivity contribution in [2.45, 2.75) is 45.1 Å². The number of carbonyl (C=O) groups excluding carboxylic acids is 2. The van der Waals surface area contributed by atoms with Crippen LogP contribution in [0.3, 0.4) is 0 Å². The van der Waals surface area contributed by atoms with E-state index < -0.39 is 0 Å². The molecule has 2 aromatic rings. The fourth-order valence-electron chi connectivity index (χ4n) is 4.25. The molecule has 0 bridgehead atoms. The Morgan fingerprint density at radius 3 is 2.43 bits per heavy atom. The Morgan fingerprint density at radius 1 is 1.07 bits per heavy atom. The molecule has 1 aliphatic carbocycles. The number of carbonyl (C=O) groups is 2. The molecule has 1 unspecified atom stereocenters. The molecular formula is C24H28N2O4. The fourth-order valence-corrected chi connectivity index (χ4v) is 4.25. The average molecular weight is 408 g/mol. The molecule has 0 radical (unpaired) electrons. The number of pyridine rings is 1. The molecule has 30 heavy (non-hydrogen) atoms. The maximum absolute atomic E-state index is 13.1. The van der Waals surface area contributed by atoms with Crippen LogP contribution in [-0.4, -0.2) is 41.5 Å². The number of aryl methyl sites for hydroxylation is 1. The van der Waals surface area contributed by atoms with Crippen molar-refractivity contribution in [1.29, 1.82) is 0 Å². The number of aromatic nitrogens is 1. The number of nitrogens with zero attached hydrogens (tertiary/aromatic N) is 2. The summed E-state index contributed by atoms with van der Waals surface area (Å²) in [5.74, 6) is -0.0110. The van der Waals surface area contributed by atoms with Crippen LogP contribution < -0.4 is 5.56 Å². The fraction of sp³-hybridized carbons (Fsp3) is 0.458. The van der Waals surface area contributed by atoms with Crippen LogP contribution in [0.5, 0.6) is 0 Å². The second-order valence-electron chi connectivity index (χ2n) is 8.50. The molecule has 1 aromatic heterocycles. The highest BCUT2D eigenvalue weighted by atomic mass is 16.5. The van der Waals surface area contributed by atoms with E-state index in [1.807, 2.05) is 48.4 Å². The zero-order chi connectivity index (χ0) is 21.3. The van der Waals surface area contributed by atoms with Gasteiger partial charge < -0.3 is 14.2 Å². The first-order valence-corrected chi connectivity index (χ1v) is 10.6. The molecule has 4 rings (SSSR count). The van der Waals surface area contributed by atoms with Crippen molar-refractivity contribution in [2.75, 3.05) is 20.2 Å². The molecule has 2 heterocycles. The molecule has 6 heteroatoms. The summed E-state index contributed by atoms with van der Waals surface area (Å²) in [7, 11) is 1.39. The van der Waals surface area contributed by atoms with E-state index in [1.165, 1.54) is 12.7 Å². The Bertz CT molecular complexity index is 1000. The van der Waals surface area contributed by atoms with Crippen LogP contribution >= 0.6 is 0 Å². The van der Waals surface area contributed by atoms with Crippen molar-refractivity contribution < 1.29 is 14.3 Å². The second-order valence-corrected chi connectivity index (χ2v) is 8.50. The Labute approximate surface area is 176 Å². The van der Waals surface area contributed by atoms with Crippen LogP contribution in [-0.2, 0) is 22.4 Å². The predicted molar refractivity (Wildman–Crippen MR) is 114 cm³/mol. The highest BCUT2D eigenvalue weighted by Gasteiger charge is 2.31. The molecule has 2 aliphatic rings. The number of amides is 1. The van der Waals surface area contributed by atoms with Gasteiger partial charge in [0, 0.05) is 25.3 Å². The standard InChI is InChI=1S/C24H28N2O4/c1-16-9-12-26(20-7-8-20)24(29)22(16)23(28)25-11-10-19(15-25)13-17-3-5-18(6-4-17)14-21(27)30-2/h3-6,9,12,19-20H,7-8,10-11,13-15H2,1-2H3. The average Bonchev–Trinajstić information content (AvgIpc) is 3.47. The maximum atomic E-state index is 13.1. The quantitative estimate of drug-likeness (QED) is 0.690. The van der Waals surface area contributed by atoms with Crippen LogP contribution in [0, 0.1) is 12.8 Å². The number of rotatable bonds is 6. The minimum Gasteiger partial charge on any atom is -0.469 e. The molecule has 2 fully saturated rings. The molecular weight excluding hydrogens is 380 g/mol. The summed E-state index contributed by atoms with van der Waals surface area (Å²) in [6.45, 7) is 3.19. The molecule has 1 atom stereocenters. The normalized spacial score (nSPS) is 18.5. The van der Waals surface area contributed by atoms with Gasteiger partial charge in [-0.25, -0.2) is 0 Å². The first-order valence-electron chi connectivity index (χ1n) is 10.6. The number of hydrogen-bond acceptors (Lipinski definition) is 4. The zero-order valence-corrected chi connectivity index (χ0v) is 17.6. The van der Waals surface area contributed by atoms with Gasteiger partial charge in [-0.3, -0.25) is 14.4 Å². The third-order valence-corrected chi connectivity index (χ3v) is 6.18. The van der Waals surface area contributed by atoms with Crippen molar-refractivity contribution in [3.8, 4) is 0 Å². The van der Waals surface area contributed by atoms with E-state index >= 15 is 0 Å². The third-order valence-electron chi connectivity index (χ3n) is 6.18. The summed E-state index contributed by atoms with van der Waals surface area (Å²) in [5, 5.41) is 0. The summed E-state index contributed by atoms with van der Waals surface area (Å²) in [4.78, 5) is 39.2. The van der Waals surface area contributed by atoms with Crippen molar-refractivity contribution in [3.63, 3.8) is 0 Å². The van der Waals surface area contributed by atoms with Crippen molar-refractivity contribution in [3.05, 3.63) is 69.1 Å². The summed E-state index contributed by atoms with van der Waals surface area (Å²) in [5.41, 5.74) is 3.06. The van der Waals surface area contributed by atoms with Gasteiger partial charge in [0.2, 0.25) is 0 Å². The van der Waals surface area contributed by atoms with E-state index in [4.69, 9.17) is 4.74 Å². The van der Waals surface area contributed by atoms with Gasteiger partial charge in [-0.1, -0.05) is 24.3 Å². The minimum atomic E-state index is -0.246. The lowest BCUT2D eigenvalue weighted by Crippen LogP contribution is -2.36. The predicted octanol–water partition coefficient (Wildman–Crippen LogP) is 2.91. The Balaban J connectivity index is 1.40. The van der Waals surface area contributed by atoms with Gasteiger partial charge in [-0.15, -0.1) is 0 Å². The third kappa shape index (κ3) is 4.32. The summed E-state index contributed by atoms with van der Waals surface area (Å²) >= 11 is 0. The van der Waals surface area contributed by atoms with Crippen molar-refractivity contribution in [1.82, 2.24) is 9.47 Å². The molecule has 6 nitrogen and oxygen atoms in total. The van der Waals surface area contributed by atoms with Gasteiger partial charge in [0.05, 0.1) is 13.5 Å². The molecule has 1 amide bonds. The SMILES string of the molecule is COC(=O)Cc1ccc(CC2CCN(C(=O)c3c(C)ccn(C4CC4)c3=O)C2)cc1. The molecule has 1 aliphatic heterocycles. The summed E-state index contributed by atoms with van der Waals surface area (Å²) < 4.78 is 6.43. The minimum absolute atomic E-state index is 0.136. The number of likely N-dealkylation sites (tertiary alicyclic amines) is 1. The van der Waals surface area contributed by atoms with Crippen LogP contribution in [0.2, 0.25) is 0 Å². The lowest BCUT2D eigenvalue weighted by Gasteiger charge is -2.18. The van der Waals surface area contributed by atoms with Gasteiger partial charge in [0.15, 0.2) is 0 Å². The van der Waals surface area contributed by atoms with Crippen LogP contribution in [0.1, 0.15) is 52.4 Å². The highest BCUT2D eigenvalue weighted by molar-refractivity contribution is 5.95. The Hall–Kier alpha value is -2.89. The van der Waals surface area contributed by atoms with Crippen LogP contribution in [0.15, 0.2) is 41.3 Å². The van der Waals surface area contributed by atoms with Gasteiger partial charge in [-0.05, 0) is 61.3 Å². The number of benzene rings is 1. The smallest absolute Gasteiger partial charge is 0.309 e.